The van der Waals surface area contributed by atoms with E-state index in [9.17, 15) is 4.79 Å². The van der Waals surface area contributed by atoms with Crippen LogP contribution in [0.15, 0.2) is 34.7 Å². The Morgan fingerprint density at radius 3 is 2.55 bits per heavy atom. The van der Waals surface area contributed by atoms with E-state index in [2.05, 4.69) is 34.3 Å². The van der Waals surface area contributed by atoms with Gasteiger partial charge in [0.1, 0.15) is 0 Å². The summed E-state index contributed by atoms with van der Waals surface area (Å²) in [6.07, 6.45) is 1.55. The second-order valence-electron chi connectivity index (χ2n) is 4.71. The Morgan fingerprint density at radius 1 is 1.32 bits per heavy atom. The first-order valence-electron chi connectivity index (χ1n) is 7.24. The molecule has 0 saturated heterocycles. The molecule has 2 rings (SSSR count). The Balaban J connectivity index is 1.96. The highest BCUT2D eigenvalue weighted by Crippen LogP contribution is 2.14. The van der Waals surface area contributed by atoms with Gasteiger partial charge in [-0.25, -0.2) is 10.4 Å². The predicted octanol–water partition coefficient (Wildman–Crippen LogP) is 3.06. The third kappa shape index (κ3) is 4.14. The molecule has 0 aliphatic rings. The Morgan fingerprint density at radius 2 is 2.00 bits per heavy atom. The fourth-order valence-corrected chi connectivity index (χ4v) is 2.64. The number of amides is 1. The smallest absolute Gasteiger partial charge is 0.271 e. The highest BCUT2D eigenvalue weighted by atomic mass is 32.1. The first kappa shape index (κ1) is 16.2. The summed E-state index contributed by atoms with van der Waals surface area (Å²) in [4.78, 5) is 18.5. The minimum atomic E-state index is -0.228. The Labute approximate surface area is 134 Å². The summed E-state index contributed by atoms with van der Waals surface area (Å²) >= 11 is 1.55. The number of thiazole rings is 1. The molecule has 0 bridgehead atoms. The van der Waals surface area contributed by atoms with Gasteiger partial charge in [0.15, 0.2) is 0 Å². The van der Waals surface area contributed by atoms with Crippen molar-refractivity contribution in [1.29, 1.82) is 0 Å². The Bertz CT molecular complexity index is 644. The lowest BCUT2D eigenvalue weighted by Crippen LogP contribution is -2.22. The van der Waals surface area contributed by atoms with Crippen molar-refractivity contribution in [3.63, 3.8) is 0 Å². The zero-order valence-corrected chi connectivity index (χ0v) is 13.9. The van der Waals surface area contributed by atoms with Gasteiger partial charge in [0.25, 0.3) is 5.91 Å². The molecule has 0 fully saturated rings. The molecule has 22 heavy (non-hydrogen) atoms. The fourth-order valence-electron chi connectivity index (χ4n) is 2.07. The standard InChI is InChI=1S/C16H20N4OS/c1-4-20(5-2)15-8-6-13(7-9-15)16(21)19-17-10-14-11-22-12(3)18-14/h6-11H,4-5H2,1-3H3,(H,19,21)/b17-10-. The van der Waals surface area contributed by atoms with Crippen molar-refractivity contribution in [3.05, 3.63) is 45.9 Å². The minimum Gasteiger partial charge on any atom is -0.372 e. The van der Waals surface area contributed by atoms with Gasteiger partial charge in [-0.15, -0.1) is 11.3 Å². The summed E-state index contributed by atoms with van der Waals surface area (Å²) < 4.78 is 0. The Kier molecular flexibility index (Phi) is 5.66. The number of aromatic nitrogens is 1. The number of aryl methyl sites for hydroxylation is 1. The average molecular weight is 316 g/mol. The summed E-state index contributed by atoms with van der Waals surface area (Å²) in [5.41, 5.74) is 4.96. The van der Waals surface area contributed by atoms with E-state index in [0.29, 0.717) is 5.56 Å². The molecule has 116 valence electrons. The molecular weight excluding hydrogens is 296 g/mol. The monoisotopic (exact) mass is 316 g/mol. The van der Waals surface area contributed by atoms with E-state index in [-0.39, 0.29) is 5.91 Å². The lowest BCUT2D eigenvalue weighted by Gasteiger charge is -2.20. The third-order valence-corrected chi connectivity index (χ3v) is 4.05. The van der Waals surface area contributed by atoms with Gasteiger partial charge in [0, 0.05) is 29.7 Å². The molecule has 0 aliphatic carbocycles. The second kappa shape index (κ2) is 7.70. The average Bonchev–Trinajstić information content (AvgIpc) is 2.94. The van der Waals surface area contributed by atoms with Crippen LogP contribution in [0.1, 0.15) is 34.9 Å². The molecule has 1 N–H and O–H groups in total. The molecule has 0 atom stereocenters. The molecule has 1 aromatic heterocycles. The molecule has 2 aromatic rings. The van der Waals surface area contributed by atoms with Crippen molar-refractivity contribution < 1.29 is 4.79 Å². The van der Waals surface area contributed by atoms with Crippen molar-refractivity contribution in [2.75, 3.05) is 18.0 Å². The van der Waals surface area contributed by atoms with Crippen molar-refractivity contribution in [2.45, 2.75) is 20.8 Å². The van der Waals surface area contributed by atoms with Crippen LogP contribution in [0.4, 0.5) is 5.69 Å². The number of nitrogens with zero attached hydrogens (tertiary/aromatic N) is 3. The van der Waals surface area contributed by atoms with Crippen LogP contribution < -0.4 is 10.3 Å². The van der Waals surface area contributed by atoms with E-state index in [0.717, 1.165) is 29.5 Å². The van der Waals surface area contributed by atoms with Gasteiger partial charge in [-0.05, 0) is 45.0 Å². The topological polar surface area (TPSA) is 57.6 Å². The molecule has 0 radical (unpaired) electrons. The van der Waals surface area contributed by atoms with E-state index >= 15 is 0 Å². The van der Waals surface area contributed by atoms with E-state index < -0.39 is 0 Å². The van der Waals surface area contributed by atoms with Crippen LogP contribution in [-0.2, 0) is 0 Å². The number of nitrogens with one attached hydrogen (secondary N) is 1. The molecule has 1 amide bonds. The number of hydrazone groups is 1. The molecule has 1 aromatic carbocycles. The highest BCUT2D eigenvalue weighted by Gasteiger charge is 2.06. The second-order valence-corrected chi connectivity index (χ2v) is 5.77. The van der Waals surface area contributed by atoms with E-state index in [1.807, 2.05) is 36.6 Å². The number of anilines is 1. The summed E-state index contributed by atoms with van der Waals surface area (Å²) in [6.45, 7) is 8.04. The zero-order chi connectivity index (χ0) is 15.9. The van der Waals surface area contributed by atoms with Crippen molar-refractivity contribution in [3.8, 4) is 0 Å². The van der Waals surface area contributed by atoms with Gasteiger partial charge in [0.05, 0.1) is 16.9 Å². The van der Waals surface area contributed by atoms with Crippen LogP contribution in [0.5, 0.6) is 0 Å². The van der Waals surface area contributed by atoms with Gasteiger partial charge in [-0.2, -0.15) is 5.10 Å². The number of hydrogen-bond donors (Lipinski definition) is 1. The van der Waals surface area contributed by atoms with E-state index in [4.69, 9.17) is 0 Å². The van der Waals surface area contributed by atoms with E-state index in [1.165, 1.54) is 0 Å². The first-order valence-corrected chi connectivity index (χ1v) is 8.12. The summed E-state index contributed by atoms with van der Waals surface area (Å²) in [5.74, 6) is -0.228. The molecule has 5 nitrogen and oxygen atoms in total. The van der Waals surface area contributed by atoms with Gasteiger partial charge >= 0.3 is 0 Å². The maximum Gasteiger partial charge on any atom is 0.271 e. The molecule has 0 spiro atoms. The van der Waals surface area contributed by atoms with E-state index in [1.54, 1.807) is 17.6 Å². The molecular formula is C16H20N4OS. The summed E-state index contributed by atoms with van der Waals surface area (Å²) in [5, 5.41) is 6.80. The lowest BCUT2D eigenvalue weighted by molar-refractivity contribution is 0.0955. The van der Waals surface area contributed by atoms with Crippen LogP contribution in [0.25, 0.3) is 0 Å². The van der Waals surface area contributed by atoms with Gasteiger partial charge in [-0.1, -0.05) is 0 Å². The number of carbonyl (C=O) groups excluding carboxylic acids is 1. The van der Waals surface area contributed by atoms with Crippen LogP contribution in [0.2, 0.25) is 0 Å². The normalized spacial score (nSPS) is 10.9. The largest absolute Gasteiger partial charge is 0.372 e. The molecule has 6 heteroatoms. The SMILES string of the molecule is CCN(CC)c1ccc(C(=O)N/N=C\c2csc(C)n2)cc1. The van der Waals surface area contributed by atoms with Gasteiger partial charge in [0.2, 0.25) is 0 Å². The molecule has 0 saturated carbocycles. The third-order valence-electron chi connectivity index (χ3n) is 3.26. The Hall–Kier alpha value is -2.21. The van der Waals surface area contributed by atoms with Crippen LogP contribution >= 0.6 is 11.3 Å². The highest BCUT2D eigenvalue weighted by molar-refractivity contribution is 7.09. The summed E-state index contributed by atoms with van der Waals surface area (Å²) in [6, 6.07) is 7.53. The van der Waals surface area contributed by atoms with Crippen LogP contribution in [0.3, 0.4) is 0 Å². The molecule has 0 unspecified atom stereocenters. The van der Waals surface area contributed by atoms with Gasteiger partial charge < -0.3 is 4.90 Å². The lowest BCUT2D eigenvalue weighted by atomic mass is 10.2. The van der Waals surface area contributed by atoms with Crippen LogP contribution in [-0.4, -0.2) is 30.2 Å². The molecule has 0 aliphatic heterocycles. The first-order chi connectivity index (χ1) is 10.6. The van der Waals surface area contributed by atoms with Gasteiger partial charge in [-0.3, -0.25) is 4.79 Å². The maximum atomic E-state index is 12.0. The van der Waals surface area contributed by atoms with Crippen molar-refractivity contribution in [1.82, 2.24) is 10.4 Å². The zero-order valence-electron chi connectivity index (χ0n) is 13.0. The van der Waals surface area contributed by atoms with Crippen LogP contribution in [0, 0.1) is 6.92 Å². The minimum absolute atomic E-state index is 0.228. The fraction of sp³-hybridized carbons (Fsp3) is 0.312. The number of rotatable bonds is 6. The van der Waals surface area contributed by atoms with Crippen molar-refractivity contribution >= 4 is 29.1 Å². The predicted molar refractivity (Wildman–Crippen MR) is 91.9 cm³/mol. The number of hydrogen-bond acceptors (Lipinski definition) is 5. The number of benzene rings is 1. The van der Waals surface area contributed by atoms with Crippen molar-refractivity contribution in [2.24, 2.45) is 5.10 Å². The quantitative estimate of drug-likeness (QED) is 0.658. The number of carbonyl (C=O) groups is 1. The maximum absolute atomic E-state index is 12.0. The summed E-state index contributed by atoms with van der Waals surface area (Å²) in [7, 11) is 0. The molecule has 1 heterocycles.